The van der Waals surface area contributed by atoms with Crippen LogP contribution in [0.2, 0.25) is 0 Å². The monoisotopic (exact) mass is 408 g/mol. The first-order valence-electron chi connectivity index (χ1n) is 8.48. The summed E-state index contributed by atoms with van der Waals surface area (Å²) in [6.07, 6.45) is 3.60. The average Bonchev–Trinajstić information content (AvgIpc) is 2.59. The first-order valence-corrected chi connectivity index (χ1v) is 10.0. The van der Waals surface area contributed by atoms with Gasteiger partial charge in [-0.2, -0.15) is 0 Å². The maximum Gasteiger partial charge on any atom is 0.524 e. The number of phosphoric ester groups is 1. The molecule has 0 heterocycles. The molecule has 0 fully saturated rings. The quantitative estimate of drug-likeness (QED) is 0.514. The predicted octanol–water partition coefficient (Wildman–Crippen LogP) is 4.52. The van der Waals surface area contributed by atoms with Crippen molar-refractivity contribution in [2.75, 3.05) is 14.2 Å². The van der Waals surface area contributed by atoms with Gasteiger partial charge >= 0.3 is 7.82 Å². The largest absolute Gasteiger partial charge is 0.524 e. The lowest BCUT2D eigenvalue weighted by molar-refractivity contribution is 0.126. The van der Waals surface area contributed by atoms with Gasteiger partial charge in [0.2, 0.25) is 0 Å². The Morgan fingerprint density at radius 2 is 1.43 bits per heavy atom. The van der Waals surface area contributed by atoms with Crippen LogP contribution in [0.5, 0.6) is 23.0 Å². The summed E-state index contributed by atoms with van der Waals surface area (Å²) < 4.78 is 32.4. The highest BCUT2D eigenvalue weighted by Crippen LogP contribution is 2.43. The van der Waals surface area contributed by atoms with Crippen molar-refractivity contribution in [1.29, 1.82) is 0 Å². The lowest BCUT2D eigenvalue weighted by Gasteiger charge is -2.23. The SMILES string of the molecule is COc1cc(/C=C/c2ccc(OC(C)(C)C)c(OP(=O)(O)O)c2)cc(OC)c1. The van der Waals surface area contributed by atoms with Crippen LogP contribution in [0.3, 0.4) is 0 Å². The molecule has 0 aliphatic carbocycles. The molecule has 2 aromatic carbocycles. The predicted molar refractivity (Wildman–Crippen MR) is 108 cm³/mol. The van der Waals surface area contributed by atoms with Crippen molar-refractivity contribution in [3.8, 4) is 23.0 Å². The van der Waals surface area contributed by atoms with Gasteiger partial charge in [-0.3, -0.25) is 9.79 Å². The van der Waals surface area contributed by atoms with E-state index in [1.54, 1.807) is 38.5 Å². The fraction of sp³-hybridized carbons (Fsp3) is 0.300. The zero-order valence-electron chi connectivity index (χ0n) is 16.5. The molecule has 0 saturated heterocycles. The van der Waals surface area contributed by atoms with E-state index in [-0.39, 0.29) is 11.5 Å². The zero-order chi connectivity index (χ0) is 20.9. The molecule has 0 radical (unpaired) electrons. The molecule has 0 spiro atoms. The molecule has 28 heavy (non-hydrogen) atoms. The topological polar surface area (TPSA) is 94.5 Å². The fourth-order valence-electron chi connectivity index (χ4n) is 2.36. The first-order chi connectivity index (χ1) is 13.0. The van der Waals surface area contributed by atoms with Gasteiger partial charge in [0.15, 0.2) is 11.5 Å². The Morgan fingerprint density at radius 3 is 1.93 bits per heavy atom. The minimum absolute atomic E-state index is 0.0337. The lowest BCUT2D eigenvalue weighted by Crippen LogP contribution is -2.23. The van der Waals surface area contributed by atoms with Crippen molar-refractivity contribution in [2.24, 2.45) is 0 Å². The first kappa shape index (κ1) is 21.8. The Bertz CT molecular complexity index is 872. The van der Waals surface area contributed by atoms with E-state index in [4.69, 9.17) is 18.7 Å². The van der Waals surface area contributed by atoms with E-state index in [0.717, 1.165) is 5.56 Å². The van der Waals surface area contributed by atoms with E-state index >= 15 is 0 Å². The standard InChI is InChI=1S/C20H25O7P/c1-20(2,3)26-18-9-8-14(12-19(18)27-28(21,22)23)6-7-15-10-16(24-4)13-17(11-15)25-5/h6-13H,1-5H3,(H2,21,22,23)/b7-6+. The van der Waals surface area contributed by atoms with Gasteiger partial charge in [-0.25, -0.2) is 4.57 Å². The Balaban J connectivity index is 2.37. The molecule has 0 unspecified atom stereocenters. The van der Waals surface area contributed by atoms with Gasteiger partial charge in [-0.05, 0) is 56.2 Å². The minimum Gasteiger partial charge on any atom is -0.497 e. The summed E-state index contributed by atoms with van der Waals surface area (Å²) in [5.41, 5.74) is 0.955. The molecule has 8 heteroatoms. The molecule has 7 nitrogen and oxygen atoms in total. The van der Waals surface area contributed by atoms with Crippen molar-refractivity contribution in [3.63, 3.8) is 0 Å². The van der Waals surface area contributed by atoms with Crippen LogP contribution in [0, 0.1) is 0 Å². The number of benzene rings is 2. The molecule has 0 saturated carbocycles. The third-order valence-electron chi connectivity index (χ3n) is 3.44. The summed E-state index contributed by atoms with van der Waals surface area (Å²) in [5.74, 6) is 1.52. The van der Waals surface area contributed by atoms with E-state index in [1.165, 1.54) is 6.07 Å². The Morgan fingerprint density at radius 1 is 0.857 bits per heavy atom. The highest BCUT2D eigenvalue weighted by Gasteiger charge is 2.22. The second-order valence-electron chi connectivity index (χ2n) is 6.98. The molecule has 0 aromatic heterocycles. The molecule has 0 aliphatic rings. The van der Waals surface area contributed by atoms with Crippen molar-refractivity contribution < 1.29 is 33.1 Å². The van der Waals surface area contributed by atoms with E-state index in [0.29, 0.717) is 17.1 Å². The maximum atomic E-state index is 11.3. The van der Waals surface area contributed by atoms with E-state index in [2.05, 4.69) is 0 Å². The number of ether oxygens (including phenoxy) is 3. The van der Waals surface area contributed by atoms with Crippen molar-refractivity contribution in [2.45, 2.75) is 26.4 Å². The van der Waals surface area contributed by atoms with Crippen LogP contribution in [0.4, 0.5) is 0 Å². The molecule has 2 aromatic rings. The highest BCUT2D eigenvalue weighted by atomic mass is 31.2. The summed E-state index contributed by atoms with van der Waals surface area (Å²) in [6, 6.07) is 10.3. The normalized spacial score (nSPS) is 12.1. The van der Waals surface area contributed by atoms with Gasteiger partial charge in [0, 0.05) is 6.07 Å². The summed E-state index contributed by atoms with van der Waals surface area (Å²) in [5, 5.41) is 0. The number of hydrogen-bond donors (Lipinski definition) is 2. The van der Waals surface area contributed by atoms with Gasteiger partial charge in [0.25, 0.3) is 0 Å². The molecule has 0 bridgehead atoms. The van der Waals surface area contributed by atoms with Gasteiger partial charge in [0.1, 0.15) is 17.1 Å². The summed E-state index contributed by atoms with van der Waals surface area (Å²) in [4.78, 5) is 18.4. The van der Waals surface area contributed by atoms with Crippen LogP contribution in [-0.2, 0) is 4.57 Å². The molecule has 152 valence electrons. The molecule has 2 rings (SSSR count). The number of methoxy groups -OCH3 is 2. The molecular weight excluding hydrogens is 383 g/mol. The van der Waals surface area contributed by atoms with Crippen molar-refractivity contribution in [1.82, 2.24) is 0 Å². The van der Waals surface area contributed by atoms with Crippen molar-refractivity contribution >= 4 is 20.0 Å². The van der Waals surface area contributed by atoms with Crippen LogP contribution in [0.25, 0.3) is 12.2 Å². The second kappa shape index (κ2) is 8.69. The minimum atomic E-state index is -4.74. The maximum absolute atomic E-state index is 11.3. The summed E-state index contributed by atoms with van der Waals surface area (Å²) in [6.45, 7) is 5.49. The van der Waals surface area contributed by atoms with Gasteiger partial charge < -0.3 is 18.7 Å². The third kappa shape index (κ3) is 6.93. The average molecular weight is 408 g/mol. The number of rotatable bonds is 7. The van der Waals surface area contributed by atoms with Crippen molar-refractivity contribution in [3.05, 3.63) is 47.5 Å². The Kier molecular flexibility index (Phi) is 6.77. The molecule has 0 amide bonds. The lowest BCUT2D eigenvalue weighted by atomic mass is 10.1. The van der Waals surface area contributed by atoms with E-state index in [9.17, 15) is 14.4 Å². The van der Waals surface area contributed by atoms with Crippen LogP contribution < -0.4 is 18.7 Å². The van der Waals surface area contributed by atoms with Crippen LogP contribution >= 0.6 is 7.82 Å². The third-order valence-corrected chi connectivity index (χ3v) is 3.88. The van der Waals surface area contributed by atoms with Crippen LogP contribution in [0.1, 0.15) is 31.9 Å². The number of hydrogen-bond acceptors (Lipinski definition) is 5. The van der Waals surface area contributed by atoms with Gasteiger partial charge in [0.05, 0.1) is 14.2 Å². The molecule has 0 aliphatic heterocycles. The smallest absolute Gasteiger partial charge is 0.497 e. The Labute approximate surface area is 164 Å². The second-order valence-corrected chi connectivity index (χ2v) is 8.15. The zero-order valence-corrected chi connectivity index (χ0v) is 17.4. The molecule has 2 N–H and O–H groups in total. The number of phosphoric acid groups is 1. The van der Waals surface area contributed by atoms with Crippen LogP contribution in [0.15, 0.2) is 36.4 Å². The van der Waals surface area contributed by atoms with E-state index in [1.807, 2.05) is 39.0 Å². The van der Waals surface area contributed by atoms with E-state index < -0.39 is 13.4 Å². The van der Waals surface area contributed by atoms with Gasteiger partial charge in [-0.15, -0.1) is 0 Å². The summed E-state index contributed by atoms with van der Waals surface area (Å²) in [7, 11) is -1.59. The van der Waals surface area contributed by atoms with Crippen LogP contribution in [-0.4, -0.2) is 29.6 Å². The van der Waals surface area contributed by atoms with Gasteiger partial charge in [-0.1, -0.05) is 18.2 Å². The molecule has 0 atom stereocenters. The fourth-order valence-corrected chi connectivity index (χ4v) is 2.76. The summed E-state index contributed by atoms with van der Waals surface area (Å²) >= 11 is 0. The highest BCUT2D eigenvalue weighted by molar-refractivity contribution is 7.46. The molecular formula is C20H25O7P. The Hall–Kier alpha value is -2.47.